The zero-order valence-corrected chi connectivity index (χ0v) is 11.2. The minimum Gasteiger partial charge on any atom is -0.481 e. The maximum absolute atomic E-state index is 12.8. The first kappa shape index (κ1) is 17.1. The van der Waals surface area contributed by atoms with Crippen LogP contribution in [-0.4, -0.2) is 22.2 Å². The average molecular weight is 326 g/mol. The van der Waals surface area contributed by atoms with Crippen LogP contribution in [0.2, 0.25) is 5.02 Å². The topological polar surface area (TPSA) is 101 Å². The van der Waals surface area contributed by atoms with E-state index in [4.69, 9.17) is 27.5 Å². The lowest BCUT2D eigenvalue weighted by atomic mass is 9.94. The maximum Gasteiger partial charge on any atom is 0.418 e. The predicted molar refractivity (Wildman–Crippen MR) is 67.9 cm³/mol. The lowest BCUT2D eigenvalue weighted by molar-refractivity contribution is -0.148. The molecule has 21 heavy (non-hydrogen) atoms. The SMILES string of the molecule is Nc1c(Cl)cc(CC(CC(=O)O)C(=O)O)cc1C(F)(F)F. The summed E-state index contributed by atoms with van der Waals surface area (Å²) in [6.45, 7) is 0. The molecule has 5 nitrogen and oxygen atoms in total. The van der Waals surface area contributed by atoms with E-state index in [1.54, 1.807) is 0 Å². The first-order valence-electron chi connectivity index (χ1n) is 5.62. The van der Waals surface area contributed by atoms with Crippen LogP contribution >= 0.6 is 11.6 Å². The second kappa shape index (κ2) is 6.21. The molecule has 0 saturated carbocycles. The van der Waals surface area contributed by atoms with Crippen molar-refractivity contribution in [2.75, 3.05) is 5.73 Å². The highest BCUT2D eigenvalue weighted by molar-refractivity contribution is 6.33. The number of carboxylic acid groups (broad SMARTS) is 2. The van der Waals surface area contributed by atoms with E-state index < -0.39 is 48.1 Å². The van der Waals surface area contributed by atoms with Gasteiger partial charge in [-0.2, -0.15) is 13.2 Å². The van der Waals surface area contributed by atoms with Gasteiger partial charge in [-0.1, -0.05) is 11.6 Å². The molecule has 1 aromatic carbocycles. The summed E-state index contributed by atoms with van der Waals surface area (Å²) in [7, 11) is 0. The van der Waals surface area contributed by atoms with Crippen LogP contribution in [0.3, 0.4) is 0 Å². The fourth-order valence-electron chi connectivity index (χ4n) is 1.77. The number of carbonyl (C=O) groups is 2. The van der Waals surface area contributed by atoms with Crippen molar-refractivity contribution in [2.24, 2.45) is 5.92 Å². The van der Waals surface area contributed by atoms with Gasteiger partial charge in [-0.25, -0.2) is 0 Å². The number of carboxylic acids is 2. The zero-order chi connectivity index (χ0) is 16.4. The molecule has 1 atom stereocenters. The van der Waals surface area contributed by atoms with E-state index in [0.717, 1.165) is 6.07 Å². The minimum atomic E-state index is -4.74. The number of hydrogen-bond donors (Lipinski definition) is 3. The van der Waals surface area contributed by atoms with Gasteiger partial charge in [0, 0.05) is 0 Å². The van der Waals surface area contributed by atoms with Crippen LogP contribution in [0.1, 0.15) is 17.5 Å². The lowest BCUT2D eigenvalue weighted by Gasteiger charge is -2.15. The van der Waals surface area contributed by atoms with Crippen LogP contribution < -0.4 is 5.73 Å². The van der Waals surface area contributed by atoms with Gasteiger partial charge in [0.15, 0.2) is 0 Å². The molecule has 0 aliphatic heterocycles. The summed E-state index contributed by atoms with van der Waals surface area (Å²) in [5.74, 6) is -4.14. The summed E-state index contributed by atoms with van der Waals surface area (Å²) >= 11 is 5.61. The number of benzene rings is 1. The largest absolute Gasteiger partial charge is 0.481 e. The standard InChI is InChI=1S/C12H11ClF3NO4/c13-8-3-5(1-6(11(20)21)4-9(18)19)2-7(10(8)17)12(14,15)16/h2-3,6H,1,4,17H2,(H,18,19)(H,20,21). The van der Waals surface area contributed by atoms with Crippen molar-refractivity contribution in [1.82, 2.24) is 0 Å². The van der Waals surface area contributed by atoms with Crippen molar-refractivity contribution >= 4 is 29.2 Å². The van der Waals surface area contributed by atoms with E-state index in [1.165, 1.54) is 0 Å². The number of aliphatic carboxylic acids is 2. The Balaban J connectivity index is 3.16. The Morgan fingerprint density at radius 2 is 1.86 bits per heavy atom. The van der Waals surface area contributed by atoms with Crippen LogP contribution in [-0.2, 0) is 22.2 Å². The number of halogens is 4. The third kappa shape index (κ3) is 4.52. The van der Waals surface area contributed by atoms with Gasteiger partial charge in [0.2, 0.25) is 0 Å². The molecule has 0 radical (unpaired) electrons. The third-order valence-electron chi connectivity index (χ3n) is 2.75. The molecule has 1 aromatic rings. The summed E-state index contributed by atoms with van der Waals surface area (Å²) in [6.07, 6.45) is -5.85. The molecular formula is C12H11ClF3NO4. The third-order valence-corrected chi connectivity index (χ3v) is 3.06. The summed E-state index contributed by atoms with van der Waals surface area (Å²) in [5, 5.41) is 17.1. The number of nitrogen functional groups attached to an aromatic ring is 1. The molecule has 0 aliphatic rings. The zero-order valence-electron chi connectivity index (χ0n) is 10.4. The van der Waals surface area contributed by atoms with Crippen molar-refractivity contribution in [3.05, 3.63) is 28.3 Å². The van der Waals surface area contributed by atoms with Crippen molar-refractivity contribution in [3.8, 4) is 0 Å². The Kier molecular flexibility index (Phi) is 5.06. The summed E-state index contributed by atoms with van der Waals surface area (Å²) in [6, 6.07) is 1.78. The number of rotatable bonds is 5. The van der Waals surface area contributed by atoms with Gasteiger partial charge >= 0.3 is 18.1 Å². The smallest absolute Gasteiger partial charge is 0.418 e. The van der Waals surface area contributed by atoms with E-state index >= 15 is 0 Å². The van der Waals surface area contributed by atoms with E-state index in [0.29, 0.717) is 6.07 Å². The Bertz CT molecular complexity index is 574. The van der Waals surface area contributed by atoms with Crippen molar-refractivity contribution in [2.45, 2.75) is 19.0 Å². The molecule has 0 saturated heterocycles. The summed E-state index contributed by atoms with van der Waals surface area (Å²) in [5.41, 5.74) is 3.37. The molecule has 0 aliphatic carbocycles. The van der Waals surface area contributed by atoms with E-state index in [2.05, 4.69) is 0 Å². The molecule has 0 bridgehead atoms. The van der Waals surface area contributed by atoms with Gasteiger partial charge < -0.3 is 15.9 Å². The molecule has 1 rings (SSSR count). The Labute approximate surface area is 122 Å². The molecule has 116 valence electrons. The van der Waals surface area contributed by atoms with Crippen molar-refractivity contribution in [3.63, 3.8) is 0 Å². The summed E-state index contributed by atoms with van der Waals surface area (Å²) < 4.78 is 38.3. The molecule has 0 spiro atoms. The first-order chi connectivity index (χ1) is 9.52. The first-order valence-corrected chi connectivity index (χ1v) is 6.00. The number of hydrogen-bond acceptors (Lipinski definition) is 3. The molecule has 0 aromatic heterocycles. The fourth-order valence-corrected chi connectivity index (χ4v) is 2.01. The van der Waals surface area contributed by atoms with Crippen LogP contribution in [0.15, 0.2) is 12.1 Å². The van der Waals surface area contributed by atoms with Gasteiger partial charge in [-0.15, -0.1) is 0 Å². The van der Waals surface area contributed by atoms with E-state index in [9.17, 15) is 22.8 Å². The number of alkyl halides is 3. The predicted octanol–water partition coefficient (Wildman–Crippen LogP) is 2.66. The Hall–Kier alpha value is -1.96. The normalized spacial score (nSPS) is 13.0. The quantitative estimate of drug-likeness (QED) is 0.722. The molecule has 9 heteroatoms. The van der Waals surface area contributed by atoms with Gasteiger partial charge in [-0.05, 0) is 24.1 Å². The monoisotopic (exact) mass is 325 g/mol. The van der Waals surface area contributed by atoms with Gasteiger partial charge in [0.25, 0.3) is 0 Å². The highest BCUT2D eigenvalue weighted by Gasteiger charge is 2.34. The highest BCUT2D eigenvalue weighted by atomic mass is 35.5. The number of anilines is 1. The van der Waals surface area contributed by atoms with E-state index in [1.807, 2.05) is 0 Å². The van der Waals surface area contributed by atoms with Crippen LogP contribution in [0.4, 0.5) is 18.9 Å². The van der Waals surface area contributed by atoms with Crippen LogP contribution in [0.25, 0.3) is 0 Å². The lowest BCUT2D eigenvalue weighted by Crippen LogP contribution is -2.20. The maximum atomic E-state index is 12.8. The molecule has 1 unspecified atom stereocenters. The van der Waals surface area contributed by atoms with Gasteiger partial charge in [0.05, 0.1) is 28.6 Å². The second-order valence-electron chi connectivity index (χ2n) is 4.37. The highest BCUT2D eigenvalue weighted by Crippen LogP contribution is 2.38. The number of nitrogens with two attached hydrogens (primary N) is 1. The van der Waals surface area contributed by atoms with Gasteiger partial charge in [0.1, 0.15) is 0 Å². The van der Waals surface area contributed by atoms with Crippen molar-refractivity contribution < 1.29 is 33.0 Å². The molecule has 4 N–H and O–H groups in total. The Morgan fingerprint density at radius 1 is 1.29 bits per heavy atom. The summed E-state index contributed by atoms with van der Waals surface area (Å²) in [4.78, 5) is 21.5. The minimum absolute atomic E-state index is 0.0461. The average Bonchev–Trinajstić information content (AvgIpc) is 2.30. The van der Waals surface area contributed by atoms with Gasteiger partial charge in [-0.3, -0.25) is 9.59 Å². The molecular weight excluding hydrogens is 315 g/mol. The fraction of sp³-hybridized carbons (Fsp3) is 0.333. The van der Waals surface area contributed by atoms with Crippen LogP contribution in [0.5, 0.6) is 0 Å². The van der Waals surface area contributed by atoms with Crippen LogP contribution in [0, 0.1) is 5.92 Å². The van der Waals surface area contributed by atoms with Crippen molar-refractivity contribution in [1.29, 1.82) is 0 Å². The molecule has 0 amide bonds. The Morgan fingerprint density at radius 3 is 2.29 bits per heavy atom. The molecule has 0 heterocycles. The van der Waals surface area contributed by atoms with E-state index in [-0.39, 0.29) is 10.6 Å². The second-order valence-corrected chi connectivity index (χ2v) is 4.78. The molecule has 0 fully saturated rings.